The van der Waals surface area contributed by atoms with Gasteiger partial charge in [-0.25, -0.2) is 0 Å². The molecule has 1 aromatic carbocycles. The van der Waals surface area contributed by atoms with Crippen molar-refractivity contribution in [3.05, 3.63) is 58.4 Å². The van der Waals surface area contributed by atoms with Crippen molar-refractivity contribution in [1.29, 1.82) is 0 Å². The second kappa shape index (κ2) is 7.49. The molecule has 2 unspecified atom stereocenters. The predicted octanol–water partition coefficient (Wildman–Crippen LogP) is 0.650. The number of hydrogen-bond donors (Lipinski definition) is 3. The van der Waals surface area contributed by atoms with E-state index in [0.29, 0.717) is 23.1 Å². The van der Waals surface area contributed by atoms with Crippen LogP contribution in [0.2, 0.25) is 0 Å². The summed E-state index contributed by atoms with van der Waals surface area (Å²) in [5, 5.41) is 0.672. The summed E-state index contributed by atoms with van der Waals surface area (Å²) in [5.74, 6) is -1.49. The molecular weight excluding hydrogens is 408 g/mol. The lowest BCUT2D eigenvalue weighted by Crippen LogP contribution is -2.59. The molecule has 1 saturated heterocycles. The van der Waals surface area contributed by atoms with Crippen molar-refractivity contribution >= 4 is 33.7 Å². The van der Waals surface area contributed by atoms with Crippen molar-refractivity contribution in [2.75, 3.05) is 6.79 Å². The summed E-state index contributed by atoms with van der Waals surface area (Å²) in [6.07, 6.45) is 1.61. The molecule has 28 heavy (non-hydrogen) atoms. The fourth-order valence-corrected chi connectivity index (χ4v) is 5.12. The van der Waals surface area contributed by atoms with E-state index in [-0.39, 0.29) is 18.1 Å². The highest BCUT2D eigenvalue weighted by molar-refractivity contribution is 8.07. The summed E-state index contributed by atoms with van der Waals surface area (Å²) in [7, 11) is -4.67. The SMILES string of the molecule is CC(C1(C(N)=O)NC(=O)C(=C(Cc2ccccc2)C2=COCO2)S1)S(=O)(=O)O. The molecule has 2 heterocycles. The number of nitrogens with two attached hydrogens (primary N) is 1. The molecule has 0 bridgehead atoms. The molecule has 4 N–H and O–H groups in total. The molecule has 2 aliphatic heterocycles. The molecule has 1 aromatic rings. The average Bonchev–Trinajstić information content (AvgIpc) is 3.28. The summed E-state index contributed by atoms with van der Waals surface area (Å²) in [4.78, 5) is 22.9. The van der Waals surface area contributed by atoms with Crippen LogP contribution in [-0.2, 0) is 35.6 Å². The van der Waals surface area contributed by atoms with E-state index < -0.39 is 32.1 Å². The third-order valence-corrected chi connectivity index (χ3v) is 7.43. The number of nitrogens with one attached hydrogen (secondary N) is 1. The van der Waals surface area contributed by atoms with Crippen molar-refractivity contribution in [1.82, 2.24) is 5.32 Å². The largest absolute Gasteiger partial charge is 0.461 e. The Bertz CT molecular complexity index is 972. The molecule has 0 spiro atoms. The third kappa shape index (κ3) is 3.73. The van der Waals surface area contributed by atoms with Gasteiger partial charge in [0.05, 0.1) is 4.91 Å². The summed E-state index contributed by atoms with van der Waals surface area (Å²) in [6.45, 7) is 1.07. The topological polar surface area (TPSA) is 145 Å². The highest BCUT2D eigenvalue weighted by Crippen LogP contribution is 2.44. The summed E-state index contributed by atoms with van der Waals surface area (Å²) >= 11 is 0.652. The van der Waals surface area contributed by atoms with Gasteiger partial charge < -0.3 is 20.5 Å². The van der Waals surface area contributed by atoms with Crippen LogP contribution in [0.3, 0.4) is 0 Å². The van der Waals surface area contributed by atoms with E-state index in [0.717, 1.165) is 12.5 Å². The lowest BCUT2D eigenvalue weighted by molar-refractivity contribution is -0.125. The van der Waals surface area contributed by atoms with Gasteiger partial charge in [-0.2, -0.15) is 8.42 Å². The number of hydrogen-bond acceptors (Lipinski definition) is 7. The van der Waals surface area contributed by atoms with Crippen LogP contribution in [0.1, 0.15) is 12.5 Å². The Morgan fingerprint density at radius 2 is 2.07 bits per heavy atom. The normalized spacial score (nSPS) is 24.6. The minimum Gasteiger partial charge on any atom is -0.461 e. The Hall–Kier alpha value is -2.50. The van der Waals surface area contributed by atoms with E-state index in [2.05, 4.69) is 5.32 Å². The number of thioether (sulfide) groups is 1. The molecule has 9 nitrogen and oxygen atoms in total. The molecule has 2 amide bonds. The van der Waals surface area contributed by atoms with Crippen LogP contribution in [0, 0.1) is 0 Å². The van der Waals surface area contributed by atoms with E-state index in [4.69, 9.17) is 15.2 Å². The number of benzene rings is 1. The monoisotopic (exact) mass is 426 g/mol. The number of amides is 2. The quantitative estimate of drug-likeness (QED) is 0.444. The van der Waals surface area contributed by atoms with Gasteiger partial charge in [-0.3, -0.25) is 14.1 Å². The van der Waals surface area contributed by atoms with Crippen LogP contribution in [0.5, 0.6) is 0 Å². The maximum atomic E-state index is 12.7. The van der Waals surface area contributed by atoms with Gasteiger partial charge in [0.1, 0.15) is 11.5 Å². The smallest absolute Gasteiger partial charge is 0.271 e. The Labute approximate surface area is 165 Å². The van der Waals surface area contributed by atoms with Crippen LogP contribution >= 0.6 is 11.8 Å². The zero-order valence-corrected chi connectivity index (χ0v) is 16.4. The molecule has 0 saturated carbocycles. The van der Waals surface area contributed by atoms with Crippen molar-refractivity contribution < 1.29 is 32.0 Å². The van der Waals surface area contributed by atoms with Crippen LogP contribution in [0.4, 0.5) is 0 Å². The minimum atomic E-state index is -4.67. The second-order valence-electron chi connectivity index (χ2n) is 6.19. The molecule has 11 heteroatoms. The van der Waals surface area contributed by atoms with Gasteiger partial charge in [-0.05, 0) is 12.5 Å². The predicted molar refractivity (Wildman–Crippen MR) is 101 cm³/mol. The van der Waals surface area contributed by atoms with E-state index in [1.165, 1.54) is 6.26 Å². The minimum absolute atomic E-state index is 0.0322. The summed E-state index contributed by atoms with van der Waals surface area (Å²) < 4.78 is 43.3. The Morgan fingerprint density at radius 3 is 2.61 bits per heavy atom. The first-order chi connectivity index (χ1) is 13.1. The average molecular weight is 426 g/mol. The van der Waals surface area contributed by atoms with Gasteiger partial charge in [-0.1, -0.05) is 42.1 Å². The van der Waals surface area contributed by atoms with Crippen molar-refractivity contribution in [2.45, 2.75) is 23.5 Å². The number of carbonyl (C=O) groups excluding carboxylic acids is 2. The summed E-state index contributed by atoms with van der Waals surface area (Å²) in [6, 6.07) is 9.18. The molecule has 150 valence electrons. The number of ether oxygens (including phenoxy) is 2. The third-order valence-electron chi connectivity index (χ3n) is 4.42. The van der Waals surface area contributed by atoms with Gasteiger partial charge in [0.2, 0.25) is 6.79 Å². The van der Waals surface area contributed by atoms with Crippen LogP contribution < -0.4 is 11.1 Å². The van der Waals surface area contributed by atoms with Gasteiger partial charge in [0.25, 0.3) is 21.9 Å². The van der Waals surface area contributed by atoms with Crippen molar-refractivity contribution in [3.8, 4) is 0 Å². The molecular formula is C17H18N2O7S2. The van der Waals surface area contributed by atoms with E-state index >= 15 is 0 Å². The van der Waals surface area contributed by atoms with Gasteiger partial charge >= 0.3 is 0 Å². The molecule has 1 fully saturated rings. The zero-order chi connectivity index (χ0) is 20.5. The first kappa shape index (κ1) is 20.2. The van der Waals surface area contributed by atoms with Crippen LogP contribution in [0.25, 0.3) is 0 Å². The highest BCUT2D eigenvalue weighted by atomic mass is 32.2. The molecule has 2 aliphatic rings. The Balaban J connectivity index is 2.10. The first-order valence-electron chi connectivity index (χ1n) is 8.15. The maximum Gasteiger partial charge on any atom is 0.271 e. The Kier molecular flexibility index (Phi) is 5.41. The van der Waals surface area contributed by atoms with Gasteiger partial charge in [-0.15, -0.1) is 0 Å². The van der Waals surface area contributed by atoms with E-state index in [1.807, 2.05) is 30.3 Å². The number of primary amides is 1. The number of carbonyl (C=O) groups is 2. The van der Waals surface area contributed by atoms with E-state index in [9.17, 15) is 22.6 Å². The summed E-state index contributed by atoms with van der Waals surface area (Å²) in [5.41, 5.74) is 6.69. The van der Waals surface area contributed by atoms with Crippen molar-refractivity contribution in [3.63, 3.8) is 0 Å². The van der Waals surface area contributed by atoms with Gasteiger partial charge in [0.15, 0.2) is 10.6 Å². The van der Waals surface area contributed by atoms with Crippen LogP contribution in [0.15, 0.2) is 52.8 Å². The van der Waals surface area contributed by atoms with Gasteiger partial charge in [0, 0.05) is 12.0 Å². The molecule has 0 radical (unpaired) electrons. The van der Waals surface area contributed by atoms with Crippen molar-refractivity contribution in [2.24, 2.45) is 5.73 Å². The van der Waals surface area contributed by atoms with Crippen LogP contribution in [-0.4, -0.2) is 41.7 Å². The number of rotatable bonds is 6. The zero-order valence-electron chi connectivity index (χ0n) is 14.7. The lowest BCUT2D eigenvalue weighted by Gasteiger charge is -2.28. The highest BCUT2D eigenvalue weighted by Gasteiger charge is 2.56. The lowest BCUT2D eigenvalue weighted by atomic mass is 10.0. The standard InChI is InChI=1S/C17H18N2O7S2/c1-10(28(22,23)24)17(16(18)21)19-15(20)14(27-17)12(13-8-25-9-26-13)7-11-5-3-2-4-6-11/h2-6,8,10H,7,9H2,1H3,(H2,18,21)(H,19,20)(H,22,23,24). The molecule has 0 aromatic heterocycles. The second-order valence-corrected chi connectivity index (χ2v) is 9.19. The molecule has 0 aliphatic carbocycles. The molecule has 2 atom stereocenters. The maximum absolute atomic E-state index is 12.7. The Morgan fingerprint density at radius 1 is 1.39 bits per heavy atom. The van der Waals surface area contributed by atoms with E-state index in [1.54, 1.807) is 0 Å². The number of allylic oxidation sites excluding steroid dienone is 1. The molecule has 3 rings (SSSR count). The first-order valence-corrected chi connectivity index (χ1v) is 10.5. The fraction of sp³-hybridized carbons (Fsp3) is 0.294. The fourth-order valence-electron chi connectivity index (χ4n) is 2.84.